The molecule has 2 atom stereocenters. The number of hydrogen-bond donors (Lipinski definition) is 1. The molecule has 1 fully saturated rings. The van der Waals surface area contributed by atoms with E-state index < -0.39 is 0 Å². The van der Waals surface area contributed by atoms with Crippen molar-refractivity contribution in [1.82, 2.24) is 19.8 Å². The summed E-state index contributed by atoms with van der Waals surface area (Å²) in [6.45, 7) is 2.20. The van der Waals surface area contributed by atoms with Gasteiger partial charge in [0.2, 0.25) is 0 Å². The Morgan fingerprint density at radius 3 is 2.89 bits per heavy atom. The van der Waals surface area contributed by atoms with Gasteiger partial charge in [-0.1, -0.05) is 6.07 Å². The van der Waals surface area contributed by atoms with Crippen LogP contribution in [0.1, 0.15) is 35.7 Å². The topological polar surface area (TPSA) is 55.5 Å². The molecular weight excluding hydrogens is 372 g/mol. The monoisotopic (exact) mass is 396 g/mol. The number of furan rings is 1. The molecule has 28 heavy (non-hydrogen) atoms. The second kappa shape index (κ2) is 8.58. The van der Waals surface area contributed by atoms with Gasteiger partial charge in [-0.05, 0) is 55.0 Å². The van der Waals surface area contributed by atoms with Gasteiger partial charge in [0.1, 0.15) is 5.76 Å². The van der Waals surface area contributed by atoms with Gasteiger partial charge in [0, 0.05) is 38.3 Å². The predicted octanol–water partition coefficient (Wildman–Crippen LogP) is 3.53. The molecule has 0 amide bonds. The summed E-state index contributed by atoms with van der Waals surface area (Å²) in [5, 5.41) is 4.24. The van der Waals surface area contributed by atoms with E-state index >= 15 is 0 Å². The molecule has 0 aromatic carbocycles. The lowest BCUT2D eigenvalue weighted by molar-refractivity contribution is 0.179. The van der Waals surface area contributed by atoms with Crippen LogP contribution in [0.15, 0.2) is 65.5 Å². The quantitative estimate of drug-likeness (QED) is 0.464. The summed E-state index contributed by atoms with van der Waals surface area (Å²) >= 11 is 5.70. The van der Waals surface area contributed by atoms with Crippen LogP contribution in [-0.2, 0) is 11.3 Å². The van der Waals surface area contributed by atoms with Gasteiger partial charge in [-0.25, -0.2) is 0 Å². The van der Waals surface area contributed by atoms with Gasteiger partial charge in [0.25, 0.3) is 0 Å². The van der Waals surface area contributed by atoms with Crippen molar-refractivity contribution in [2.45, 2.75) is 25.0 Å². The maximum Gasteiger partial charge on any atom is 0.170 e. The van der Waals surface area contributed by atoms with Gasteiger partial charge in [-0.2, -0.15) is 0 Å². The molecule has 0 aliphatic carbocycles. The largest absolute Gasteiger partial charge is 0.467 e. The third-order valence-corrected chi connectivity index (χ3v) is 5.37. The van der Waals surface area contributed by atoms with Crippen LogP contribution in [0.4, 0.5) is 0 Å². The van der Waals surface area contributed by atoms with Crippen LogP contribution in [0.2, 0.25) is 0 Å². The second-order valence-corrected chi connectivity index (χ2v) is 7.19. The van der Waals surface area contributed by atoms with Crippen molar-refractivity contribution in [3.05, 3.63) is 78.3 Å². The summed E-state index contributed by atoms with van der Waals surface area (Å²) in [6.07, 6.45) is 6.52. The fourth-order valence-electron chi connectivity index (χ4n) is 3.76. The summed E-state index contributed by atoms with van der Waals surface area (Å²) in [5.41, 5.74) is 2.16. The maximum absolute atomic E-state index is 5.70. The SMILES string of the molecule is COCCCN1C(=S)N[C@H](c2ccccn2)[C@@H]1c1cccn1Cc1ccco1. The average Bonchev–Trinajstić information content (AvgIpc) is 3.45. The lowest BCUT2D eigenvalue weighted by Gasteiger charge is -2.28. The molecule has 3 aromatic heterocycles. The Bertz CT molecular complexity index is 894. The molecule has 6 nitrogen and oxygen atoms in total. The van der Waals surface area contributed by atoms with Crippen LogP contribution in [0.3, 0.4) is 0 Å². The van der Waals surface area contributed by atoms with E-state index in [1.165, 1.54) is 5.69 Å². The van der Waals surface area contributed by atoms with Crippen molar-refractivity contribution in [1.29, 1.82) is 0 Å². The second-order valence-electron chi connectivity index (χ2n) is 6.81. The van der Waals surface area contributed by atoms with Crippen LogP contribution in [0.25, 0.3) is 0 Å². The lowest BCUT2D eigenvalue weighted by Crippen LogP contribution is -2.32. The minimum atomic E-state index is -0.0125. The summed E-state index contributed by atoms with van der Waals surface area (Å²) < 4.78 is 13.0. The highest BCUT2D eigenvalue weighted by molar-refractivity contribution is 7.80. The first-order valence-electron chi connectivity index (χ1n) is 9.42. The Morgan fingerprint density at radius 2 is 2.14 bits per heavy atom. The third kappa shape index (κ3) is 3.81. The summed E-state index contributed by atoms with van der Waals surface area (Å²) in [6, 6.07) is 14.2. The minimum absolute atomic E-state index is 0.0125. The van der Waals surface area contributed by atoms with E-state index in [9.17, 15) is 0 Å². The summed E-state index contributed by atoms with van der Waals surface area (Å²) in [7, 11) is 1.73. The highest BCUT2D eigenvalue weighted by Gasteiger charge is 2.40. The molecule has 0 radical (unpaired) electrons. The number of rotatable bonds is 8. The maximum atomic E-state index is 5.70. The van der Waals surface area contributed by atoms with Crippen LogP contribution < -0.4 is 5.32 Å². The lowest BCUT2D eigenvalue weighted by atomic mass is 10.0. The summed E-state index contributed by atoms with van der Waals surface area (Å²) in [4.78, 5) is 6.84. The molecular formula is C21H24N4O2S. The molecule has 1 saturated heterocycles. The molecule has 4 rings (SSSR count). The molecule has 0 spiro atoms. The molecule has 0 saturated carbocycles. The minimum Gasteiger partial charge on any atom is -0.467 e. The molecule has 3 aromatic rings. The first-order valence-corrected chi connectivity index (χ1v) is 9.83. The van der Waals surface area contributed by atoms with Crippen LogP contribution in [0.5, 0.6) is 0 Å². The van der Waals surface area contributed by atoms with Crippen molar-refractivity contribution in [2.75, 3.05) is 20.3 Å². The van der Waals surface area contributed by atoms with Crippen molar-refractivity contribution in [2.24, 2.45) is 0 Å². The molecule has 0 unspecified atom stereocenters. The van der Waals surface area contributed by atoms with Gasteiger partial charge in [0.15, 0.2) is 5.11 Å². The van der Waals surface area contributed by atoms with Gasteiger partial charge >= 0.3 is 0 Å². The number of nitrogens with one attached hydrogen (secondary N) is 1. The molecule has 146 valence electrons. The van der Waals surface area contributed by atoms with Crippen molar-refractivity contribution < 1.29 is 9.15 Å². The van der Waals surface area contributed by atoms with Crippen molar-refractivity contribution in [3.63, 3.8) is 0 Å². The zero-order valence-corrected chi connectivity index (χ0v) is 16.6. The van der Waals surface area contributed by atoms with E-state index in [2.05, 4.69) is 38.1 Å². The number of ether oxygens (including phenoxy) is 1. The average molecular weight is 397 g/mol. The Balaban J connectivity index is 1.68. The summed E-state index contributed by atoms with van der Waals surface area (Å²) in [5.74, 6) is 0.923. The van der Waals surface area contributed by atoms with Gasteiger partial charge in [-0.3, -0.25) is 4.98 Å². The number of hydrogen-bond acceptors (Lipinski definition) is 4. The normalized spacial score (nSPS) is 19.2. The van der Waals surface area contributed by atoms with E-state index in [0.29, 0.717) is 13.2 Å². The van der Waals surface area contributed by atoms with Crippen molar-refractivity contribution in [3.8, 4) is 0 Å². The number of thiocarbonyl (C=S) groups is 1. The Morgan fingerprint density at radius 1 is 1.21 bits per heavy atom. The molecule has 1 N–H and O–H groups in total. The van der Waals surface area contributed by atoms with E-state index in [4.69, 9.17) is 21.4 Å². The van der Waals surface area contributed by atoms with Gasteiger partial charge in [0.05, 0.1) is 30.6 Å². The zero-order chi connectivity index (χ0) is 19.3. The number of pyridine rings is 1. The zero-order valence-electron chi connectivity index (χ0n) is 15.8. The van der Waals surface area contributed by atoms with Crippen LogP contribution in [-0.4, -0.2) is 39.8 Å². The highest BCUT2D eigenvalue weighted by Crippen LogP contribution is 2.38. The van der Waals surface area contributed by atoms with E-state index in [0.717, 1.165) is 29.5 Å². The predicted molar refractivity (Wildman–Crippen MR) is 111 cm³/mol. The Labute approximate surface area is 170 Å². The number of nitrogens with zero attached hydrogens (tertiary/aromatic N) is 3. The van der Waals surface area contributed by atoms with Crippen LogP contribution >= 0.6 is 12.2 Å². The Kier molecular flexibility index (Phi) is 5.73. The fourth-order valence-corrected chi connectivity index (χ4v) is 4.09. The molecule has 1 aliphatic rings. The Hall–Kier alpha value is -2.64. The number of methoxy groups -OCH3 is 1. The molecule has 0 bridgehead atoms. The highest BCUT2D eigenvalue weighted by atomic mass is 32.1. The van der Waals surface area contributed by atoms with Crippen LogP contribution in [0, 0.1) is 0 Å². The first-order chi connectivity index (χ1) is 13.8. The van der Waals surface area contributed by atoms with Gasteiger partial charge < -0.3 is 23.9 Å². The van der Waals surface area contributed by atoms with E-state index in [1.807, 2.05) is 36.5 Å². The van der Waals surface area contributed by atoms with E-state index in [-0.39, 0.29) is 12.1 Å². The third-order valence-electron chi connectivity index (χ3n) is 5.02. The molecule has 4 heterocycles. The standard InChI is InChI=1S/C21H24N4O2S/c1-26-13-6-12-25-20(19(23-21(25)28)17-8-2-3-10-22-17)18-9-4-11-24(18)15-16-7-5-14-27-16/h2-5,7-11,14,19-20H,6,12-13,15H2,1H3,(H,23,28)/t19-,20+/m1/s1. The molecule has 7 heteroatoms. The first kappa shape index (κ1) is 18.7. The van der Waals surface area contributed by atoms with Gasteiger partial charge in [-0.15, -0.1) is 0 Å². The number of aromatic nitrogens is 2. The van der Waals surface area contributed by atoms with Crippen molar-refractivity contribution >= 4 is 17.3 Å². The smallest absolute Gasteiger partial charge is 0.170 e. The fraction of sp³-hybridized carbons (Fsp3) is 0.333. The molecule has 1 aliphatic heterocycles. The van der Waals surface area contributed by atoms with E-state index in [1.54, 1.807) is 13.4 Å².